The molecule has 1 aromatic carbocycles. The lowest BCUT2D eigenvalue weighted by Gasteiger charge is -2.28. The zero-order valence-corrected chi connectivity index (χ0v) is 19.9. The Morgan fingerprint density at radius 1 is 0.943 bits per heavy atom. The van der Waals surface area contributed by atoms with Crippen LogP contribution < -0.4 is 0 Å². The molecule has 1 aliphatic heterocycles. The molecule has 6 rings (SSSR count). The molecule has 35 heavy (non-hydrogen) atoms. The van der Waals surface area contributed by atoms with E-state index in [-0.39, 0.29) is 28.8 Å². The maximum absolute atomic E-state index is 15.0. The SMILES string of the molecule is Cc1cc(F)c(-c2nc([C@@H]3CCO[C@H](c4cnn(C5CC5)c4)C3)nc3nc(C)c(C)nc23)cc1F. The van der Waals surface area contributed by atoms with Gasteiger partial charge >= 0.3 is 0 Å². The fourth-order valence-electron chi connectivity index (χ4n) is 4.65. The topological polar surface area (TPSA) is 78.6 Å². The highest BCUT2D eigenvalue weighted by Crippen LogP contribution is 2.40. The van der Waals surface area contributed by atoms with Crippen molar-refractivity contribution in [2.75, 3.05) is 6.61 Å². The maximum Gasteiger partial charge on any atom is 0.182 e. The molecule has 0 radical (unpaired) electrons. The Bertz CT molecular complexity index is 1450. The van der Waals surface area contributed by atoms with E-state index in [1.807, 2.05) is 24.7 Å². The second-order valence-electron chi connectivity index (χ2n) is 9.64. The molecular weight excluding hydrogens is 450 g/mol. The van der Waals surface area contributed by atoms with E-state index in [2.05, 4.69) is 21.3 Å². The first-order valence-corrected chi connectivity index (χ1v) is 12.0. The minimum absolute atomic E-state index is 0.0251. The van der Waals surface area contributed by atoms with Gasteiger partial charge in [0.1, 0.15) is 28.7 Å². The van der Waals surface area contributed by atoms with Crippen LogP contribution >= 0.6 is 0 Å². The lowest BCUT2D eigenvalue weighted by Crippen LogP contribution is -2.20. The predicted octanol–water partition coefficient (Wildman–Crippen LogP) is 5.46. The quantitative estimate of drug-likeness (QED) is 0.389. The number of aromatic nitrogens is 6. The number of halogens is 2. The fraction of sp³-hybridized carbons (Fsp3) is 0.423. The molecule has 1 aliphatic carbocycles. The highest BCUT2D eigenvalue weighted by Gasteiger charge is 2.31. The van der Waals surface area contributed by atoms with Gasteiger partial charge in [0.15, 0.2) is 5.65 Å². The van der Waals surface area contributed by atoms with Gasteiger partial charge in [0, 0.05) is 29.8 Å². The van der Waals surface area contributed by atoms with E-state index < -0.39 is 11.6 Å². The minimum atomic E-state index is -0.549. The van der Waals surface area contributed by atoms with Crippen LogP contribution in [0.5, 0.6) is 0 Å². The van der Waals surface area contributed by atoms with Gasteiger partial charge in [0.25, 0.3) is 0 Å². The van der Waals surface area contributed by atoms with Crippen molar-refractivity contribution in [2.45, 2.75) is 64.5 Å². The lowest BCUT2D eigenvalue weighted by molar-refractivity contribution is 0.00396. The summed E-state index contributed by atoms with van der Waals surface area (Å²) < 4.78 is 37.6. The lowest BCUT2D eigenvalue weighted by atomic mass is 9.92. The Labute approximate surface area is 201 Å². The molecule has 9 heteroatoms. The molecule has 0 amide bonds. The molecule has 1 saturated carbocycles. The molecule has 2 atom stereocenters. The van der Waals surface area contributed by atoms with Crippen LogP contribution in [0.25, 0.3) is 22.4 Å². The van der Waals surface area contributed by atoms with E-state index in [9.17, 15) is 4.39 Å². The van der Waals surface area contributed by atoms with Gasteiger partial charge in [-0.1, -0.05) is 0 Å². The van der Waals surface area contributed by atoms with Crippen LogP contribution in [0.3, 0.4) is 0 Å². The van der Waals surface area contributed by atoms with Gasteiger partial charge in [-0.25, -0.2) is 28.7 Å². The molecule has 1 saturated heterocycles. The minimum Gasteiger partial charge on any atom is -0.373 e. The van der Waals surface area contributed by atoms with Crippen molar-refractivity contribution in [3.63, 3.8) is 0 Å². The Morgan fingerprint density at radius 2 is 1.74 bits per heavy atom. The van der Waals surface area contributed by atoms with E-state index in [0.717, 1.165) is 17.7 Å². The van der Waals surface area contributed by atoms with Crippen molar-refractivity contribution in [3.05, 3.63) is 64.5 Å². The van der Waals surface area contributed by atoms with E-state index in [1.54, 1.807) is 0 Å². The molecule has 2 fully saturated rings. The number of hydrogen-bond acceptors (Lipinski definition) is 6. The molecular formula is C26H26F2N6O. The van der Waals surface area contributed by atoms with Gasteiger partial charge in [-0.2, -0.15) is 5.10 Å². The van der Waals surface area contributed by atoms with Gasteiger partial charge in [-0.3, -0.25) is 4.68 Å². The van der Waals surface area contributed by atoms with Crippen LogP contribution in [0.2, 0.25) is 0 Å². The van der Waals surface area contributed by atoms with Gasteiger partial charge < -0.3 is 4.74 Å². The summed E-state index contributed by atoms with van der Waals surface area (Å²) in [5.74, 6) is -0.520. The molecule has 180 valence electrons. The third kappa shape index (κ3) is 4.07. The first-order valence-electron chi connectivity index (χ1n) is 12.0. The summed E-state index contributed by atoms with van der Waals surface area (Å²) in [5.41, 5.74) is 3.80. The predicted molar refractivity (Wildman–Crippen MR) is 126 cm³/mol. The third-order valence-electron chi connectivity index (χ3n) is 7.03. The number of nitrogens with zero attached hydrogens (tertiary/aromatic N) is 6. The Kier molecular flexibility index (Phi) is 5.32. The van der Waals surface area contributed by atoms with Crippen LogP contribution in [-0.2, 0) is 4.74 Å². The van der Waals surface area contributed by atoms with Gasteiger partial charge in [0.2, 0.25) is 0 Å². The average Bonchev–Trinajstić information content (AvgIpc) is 3.58. The summed E-state index contributed by atoms with van der Waals surface area (Å²) >= 11 is 0. The summed E-state index contributed by atoms with van der Waals surface area (Å²) in [6, 6.07) is 2.88. The van der Waals surface area contributed by atoms with Crippen molar-refractivity contribution in [1.82, 2.24) is 29.7 Å². The Morgan fingerprint density at radius 3 is 2.54 bits per heavy atom. The largest absolute Gasteiger partial charge is 0.373 e. The fourth-order valence-corrected chi connectivity index (χ4v) is 4.65. The van der Waals surface area contributed by atoms with Crippen LogP contribution in [0.4, 0.5) is 8.78 Å². The van der Waals surface area contributed by atoms with Crippen LogP contribution in [0.15, 0.2) is 24.5 Å². The van der Waals surface area contributed by atoms with Gasteiger partial charge in [0.05, 0.1) is 29.7 Å². The molecule has 0 spiro atoms. The molecule has 3 aromatic heterocycles. The number of fused-ring (bicyclic) bond motifs is 1. The zero-order chi connectivity index (χ0) is 24.3. The smallest absolute Gasteiger partial charge is 0.182 e. The summed E-state index contributed by atoms with van der Waals surface area (Å²) in [5, 5.41) is 4.50. The number of benzene rings is 1. The molecule has 2 aliphatic rings. The molecule has 0 bridgehead atoms. The van der Waals surface area contributed by atoms with Crippen molar-refractivity contribution >= 4 is 11.2 Å². The summed E-state index contributed by atoms with van der Waals surface area (Å²) in [6.45, 7) is 5.77. The third-order valence-corrected chi connectivity index (χ3v) is 7.03. The van der Waals surface area contributed by atoms with Gasteiger partial charge in [-0.05, 0) is 64.2 Å². The number of hydrogen-bond donors (Lipinski definition) is 0. The Hall–Kier alpha value is -3.33. The van der Waals surface area contributed by atoms with Crippen molar-refractivity contribution < 1.29 is 13.5 Å². The average molecular weight is 477 g/mol. The highest BCUT2D eigenvalue weighted by molar-refractivity contribution is 5.87. The van der Waals surface area contributed by atoms with E-state index >= 15 is 4.39 Å². The second kappa shape index (κ2) is 8.41. The number of aryl methyl sites for hydroxylation is 3. The van der Waals surface area contributed by atoms with Crippen LogP contribution in [0, 0.1) is 32.4 Å². The molecule has 4 heterocycles. The van der Waals surface area contributed by atoms with Crippen molar-refractivity contribution in [2.24, 2.45) is 0 Å². The van der Waals surface area contributed by atoms with E-state index in [0.29, 0.717) is 41.8 Å². The molecule has 4 aromatic rings. The molecule has 0 unspecified atom stereocenters. The van der Waals surface area contributed by atoms with Gasteiger partial charge in [-0.15, -0.1) is 0 Å². The summed E-state index contributed by atoms with van der Waals surface area (Å²) in [7, 11) is 0. The normalized spacial score (nSPS) is 20.5. The zero-order valence-electron chi connectivity index (χ0n) is 19.9. The highest BCUT2D eigenvalue weighted by atomic mass is 19.1. The Balaban J connectivity index is 1.43. The van der Waals surface area contributed by atoms with Crippen LogP contribution in [0.1, 0.15) is 72.1 Å². The first-order chi connectivity index (χ1) is 16.9. The first kappa shape index (κ1) is 22.2. The standard InChI is InChI=1S/C26H26F2N6O/c1-13-8-21(28)19(10-20(13)27)23-24-26(31-15(3)14(2)30-24)33-25(32-23)16-6-7-35-22(9-16)17-11-29-34(12-17)18-4-5-18/h8,10-12,16,18,22H,4-7,9H2,1-3H3/t16-,22+/m1/s1. The number of ether oxygens (including phenoxy) is 1. The summed E-state index contributed by atoms with van der Waals surface area (Å²) in [6.07, 6.45) is 7.55. The molecule has 7 nitrogen and oxygen atoms in total. The van der Waals surface area contributed by atoms with E-state index in [1.165, 1.54) is 31.9 Å². The van der Waals surface area contributed by atoms with Crippen molar-refractivity contribution in [3.8, 4) is 11.3 Å². The second-order valence-corrected chi connectivity index (χ2v) is 9.64. The summed E-state index contributed by atoms with van der Waals surface area (Å²) in [4.78, 5) is 18.7. The number of rotatable bonds is 4. The van der Waals surface area contributed by atoms with Crippen molar-refractivity contribution in [1.29, 1.82) is 0 Å². The molecule has 0 N–H and O–H groups in total. The monoisotopic (exact) mass is 476 g/mol. The van der Waals surface area contributed by atoms with E-state index in [4.69, 9.17) is 14.7 Å². The van der Waals surface area contributed by atoms with Crippen LogP contribution in [-0.4, -0.2) is 36.3 Å². The maximum atomic E-state index is 15.0.